The number of hydrogen-bond donors (Lipinski definition) is 3. The maximum atomic E-state index is 13.4. The molecule has 7 nitrogen and oxygen atoms in total. The van der Waals surface area contributed by atoms with Gasteiger partial charge in [-0.15, -0.1) is 11.3 Å². The van der Waals surface area contributed by atoms with Gasteiger partial charge in [-0.05, 0) is 69.7 Å². The standard InChI is InChI=1S/C30H45N5O2S.C2H6/c1-20(23-13-15-24(16-14-23)27-21(2)32-19-38-27)33-29(37)25-11-10-18-35(25)22(3)28(30(4,5)6)34-26(36)12-8-9-17-31-7;1-2/h13-16,19-20,25,28,31H,3,8-12,17-18H2,1-2,4-7H3,(H,33,37)(H,34,36);1-2H3. The van der Waals surface area contributed by atoms with Gasteiger partial charge in [0, 0.05) is 18.7 Å². The third-order valence-corrected chi connectivity index (χ3v) is 8.26. The van der Waals surface area contributed by atoms with E-state index in [9.17, 15) is 9.59 Å². The number of thiazole rings is 1. The van der Waals surface area contributed by atoms with Gasteiger partial charge < -0.3 is 20.9 Å². The predicted octanol–water partition coefficient (Wildman–Crippen LogP) is 6.22. The molecule has 3 unspecified atom stereocenters. The molecule has 0 aliphatic carbocycles. The number of rotatable bonds is 12. The van der Waals surface area contributed by atoms with Crippen LogP contribution in [0, 0.1) is 12.3 Å². The summed E-state index contributed by atoms with van der Waals surface area (Å²) in [5.41, 5.74) is 5.68. The molecule has 0 spiro atoms. The van der Waals surface area contributed by atoms with Crippen LogP contribution in [0.15, 0.2) is 42.1 Å². The largest absolute Gasteiger partial charge is 0.362 e. The first kappa shape index (κ1) is 33.5. The van der Waals surface area contributed by atoms with Crippen molar-refractivity contribution < 1.29 is 9.59 Å². The summed E-state index contributed by atoms with van der Waals surface area (Å²) in [6, 6.07) is 7.69. The Morgan fingerprint density at radius 2 is 1.82 bits per heavy atom. The van der Waals surface area contributed by atoms with Gasteiger partial charge in [0.1, 0.15) is 6.04 Å². The molecule has 1 aromatic carbocycles. The number of amides is 2. The minimum absolute atomic E-state index is 0.00424. The van der Waals surface area contributed by atoms with Gasteiger partial charge in [-0.3, -0.25) is 9.59 Å². The van der Waals surface area contributed by atoms with Gasteiger partial charge in [0.05, 0.1) is 28.2 Å². The number of nitrogens with one attached hydrogen (secondary N) is 3. The number of carbonyl (C=O) groups is 2. The van der Waals surface area contributed by atoms with Gasteiger partial charge in [-0.25, -0.2) is 4.98 Å². The molecular weight excluding hydrogens is 518 g/mol. The molecule has 2 amide bonds. The Hall–Kier alpha value is -2.71. The van der Waals surface area contributed by atoms with Crippen LogP contribution in [0.25, 0.3) is 10.4 Å². The Morgan fingerprint density at radius 3 is 2.40 bits per heavy atom. The number of nitrogens with zero attached hydrogens (tertiary/aromatic N) is 2. The summed E-state index contributed by atoms with van der Waals surface area (Å²) in [6.07, 6.45) is 3.99. The van der Waals surface area contributed by atoms with E-state index in [1.165, 1.54) is 4.88 Å². The summed E-state index contributed by atoms with van der Waals surface area (Å²) >= 11 is 1.64. The number of unbranched alkanes of at least 4 members (excludes halogenated alkanes) is 1. The predicted molar refractivity (Wildman–Crippen MR) is 168 cm³/mol. The normalized spacial score (nSPS) is 16.5. The highest BCUT2D eigenvalue weighted by atomic mass is 32.1. The van der Waals surface area contributed by atoms with Crippen LogP contribution in [0.1, 0.15) is 90.9 Å². The van der Waals surface area contributed by atoms with E-state index in [-0.39, 0.29) is 35.4 Å². The molecule has 1 aromatic heterocycles. The smallest absolute Gasteiger partial charge is 0.243 e. The van der Waals surface area contributed by atoms with Crippen molar-refractivity contribution in [3.05, 3.63) is 53.3 Å². The van der Waals surface area contributed by atoms with Crippen molar-refractivity contribution >= 4 is 23.2 Å². The van der Waals surface area contributed by atoms with Crippen molar-refractivity contribution in [1.82, 2.24) is 25.8 Å². The van der Waals surface area contributed by atoms with Gasteiger partial charge >= 0.3 is 0 Å². The van der Waals surface area contributed by atoms with Gasteiger partial charge in [0.25, 0.3) is 0 Å². The lowest BCUT2D eigenvalue weighted by molar-refractivity contribution is -0.125. The molecule has 1 saturated heterocycles. The number of benzene rings is 1. The zero-order chi connectivity index (χ0) is 29.9. The Labute approximate surface area is 246 Å². The molecular formula is C32H51N5O2S. The van der Waals surface area contributed by atoms with E-state index in [2.05, 4.69) is 77.4 Å². The second kappa shape index (κ2) is 15.9. The summed E-state index contributed by atoms with van der Waals surface area (Å²) < 4.78 is 0. The molecule has 2 aromatic rings. The molecule has 3 rings (SSSR count). The molecule has 3 atom stereocenters. The zero-order valence-electron chi connectivity index (χ0n) is 25.9. The Kier molecular flexibility index (Phi) is 13.3. The van der Waals surface area contributed by atoms with E-state index >= 15 is 0 Å². The Bertz CT molecular complexity index is 1090. The molecule has 1 aliphatic rings. The fourth-order valence-corrected chi connectivity index (χ4v) is 5.88. The number of aryl methyl sites for hydroxylation is 1. The van der Waals surface area contributed by atoms with Crippen molar-refractivity contribution in [3.8, 4) is 10.4 Å². The van der Waals surface area contributed by atoms with E-state index in [1.807, 2.05) is 40.3 Å². The summed E-state index contributed by atoms with van der Waals surface area (Å²) in [6.45, 7) is 20.4. The fourth-order valence-electron chi connectivity index (χ4n) is 5.06. The van der Waals surface area contributed by atoms with Crippen LogP contribution < -0.4 is 16.0 Å². The molecule has 1 aliphatic heterocycles. The monoisotopic (exact) mass is 569 g/mol. The molecule has 0 radical (unpaired) electrons. The first-order chi connectivity index (χ1) is 19.0. The Balaban J connectivity index is 0.00000274. The third-order valence-electron chi connectivity index (χ3n) is 7.29. The molecule has 1 fully saturated rings. The summed E-state index contributed by atoms with van der Waals surface area (Å²) in [5.74, 6) is 0.0394. The topological polar surface area (TPSA) is 86.4 Å². The van der Waals surface area contributed by atoms with Crippen LogP contribution in [-0.4, -0.2) is 53.9 Å². The molecule has 2 heterocycles. The lowest BCUT2D eigenvalue weighted by Gasteiger charge is -2.39. The highest BCUT2D eigenvalue weighted by Gasteiger charge is 2.38. The van der Waals surface area contributed by atoms with Crippen LogP contribution in [0.3, 0.4) is 0 Å². The molecule has 0 saturated carbocycles. The van der Waals surface area contributed by atoms with Gasteiger partial charge in [-0.2, -0.15) is 0 Å². The molecule has 8 heteroatoms. The summed E-state index contributed by atoms with van der Waals surface area (Å²) in [4.78, 5) is 33.8. The third kappa shape index (κ3) is 9.16. The average Bonchev–Trinajstić information content (AvgIpc) is 3.59. The van der Waals surface area contributed by atoms with E-state index in [4.69, 9.17) is 0 Å². The van der Waals surface area contributed by atoms with Gasteiger partial charge in [-0.1, -0.05) is 65.5 Å². The van der Waals surface area contributed by atoms with Crippen LogP contribution >= 0.6 is 11.3 Å². The fraction of sp³-hybridized carbons (Fsp3) is 0.594. The van der Waals surface area contributed by atoms with Crippen LogP contribution in [-0.2, 0) is 9.59 Å². The van der Waals surface area contributed by atoms with Crippen molar-refractivity contribution in [3.63, 3.8) is 0 Å². The van der Waals surface area contributed by atoms with E-state index in [1.54, 1.807) is 11.3 Å². The maximum absolute atomic E-state index is 13.4. The molecule has 0 bridgehead atoms. The highest BCUT2D eigenvalue weighted by molar-refractivity contribution is 7.13. The molecule has 222 valence electrons. The lowest BCUT2D eigenvalue weighted by atomic mass is 9.84. The zero-order valence-corrected chi connectivity index (χ0v) is 26.7. The van der Waals surface area contributed by atoms with Crippen molar-refractivity contribution in [1.29, 1.82) is 0 Å². The summed E-state index contributed by atoms with van der Waals surface area (Å²) in [5, 5.41) is 9.56. The second-order valence-electron chi connectivity index (χ2n) is 11.4. The lowest BCUT2D eigenvalue weighted by Crippen LogP contribution is -2.52. The van der Waals surface area contributed by atoms with Crippen molar-refractivity contribution in [2.75, 3.05) is 20.1 Å². The Morgan fingerprint density at radius 1 is 1.15 bits per heavy atom. The highest BCUT2D eigenvalue weighted by Crippen LogP contribution is 2.32. The number of carbonyl (C=O) groups excluding carboxylic acids is 2. The maximum Gasteiger partial charge on any atom is 0.243 e. The van der Waals surface area contributed by atoms with Crippen molar-refractivity contribution in [2.24, 2.45) is 5.41 Å². The SMILES string of the molecule is C=C(C(NC(=O)CCCCNC)C(C)(C)C)N1CCCC1C(=O)NC(C)c1ccc(-c2scnc2C)cc1.CC. The van der Waals surface area contributed by atoms with Gasteiger partial charge in [0.2, 0.25) is 11.8 Å². The van der Waals surface area contributed by atoms with Crippen LogP contribution in [0.2, 0.25) is 0 Å². The number of hydrogen-bond acceptors (Lipinski definition) is 6. The van der Waals surface area contributed by atoms with Crippen LogP contribution in [0.5, 0.6) is 0 Å². The first-order valence-corrected chi connectivity index (χ1v) is 15.6. The van der Waals surface area contributed by atoms with Gasteiger partial charge in [0.15, 0.2) is 0 Å². The minimum Gasteiger partial charge on any atom is -0.362 e. The van der Waals surface area contributed by atoms with Crippen molar-refractivity contribution in [2.45, 2.75) is 98.7 Å². The average molecular weight is 570 g/mol. The second-order valence-corrected chi connectivity index (χ2v) is 12.2. The van der Waals surface area contributed by atoms with E-state index in [0.717, 1.165) is 61.3 Å². The first-order valence-electron chi connectivity index (χ1n) is 14.7. The minimum atomic E-state index is -0.290. The van der Waals surface area contributed by atoms with E-state index < -0.39 is 0 Å². The quantitative estimate of drug-likeness (QED) is 0.264. The number of aromatic nitrogens is 1. The molecule has 3 N–H and O–H groups in total. The van der Waals surface area contributed by atoms with Crippen LogP contribution in [0.4, 0.5) is 0 Å². The molecule has 40 heavy (non-hydrogen) atoms. The summed E-state index contributed by atoms with van der Waals surface area (Å²) in [7, 11) is 1.92. The number of likely N-dealkylation sites (tertiary alicyclic amines) is 1. The van der Waals surface area contributed by atoms with E-state index in [0.29, 0.717) is 6.42 Å².